The van der Waals surface area contributed by atoms with E-state index in [1.165, 1.54) is 11.8 Å². The lowest BCUT2D eigenvalue weighted by molar-refractivity contribution is -0.120. The molecule has 0 atom stereocenters. The molecular formula is C14H19ClN2OS. The molecule has 1 aliphatic carbocycles. The summed E-state index contributed by atoms with van der Waals surface area (Å²) in [5.74, 6) is 0.420. The maximum absolute atomic E-state index is 12.0. The first-order valence-electron chi connectivity index (χ1n) is 6.54. The number of halogens is 1. The van der Waals surface area contributed by atoms with Gasteiger partial charge in [0.25, 0.3) is 0 Å². The van der Waals surface area contributed by atoms with Crippen molar-refractivity contribution in [3.63, 3.8) is 0 Å². The molecule has 0 heterocycles. The van der Waals surface area contributed by atoms with Crippen LogP contribution in [-0.2, 0) is 4.79 Å². The molecule has 0 aliphatic heterocycles. The Bertz CT molecular complexity index is 447. The first-order chi connectivity index (χ1) is 9.15. The summed E-state index contributed by atoms with van der Waals surface area (Å²) < 4.78 is 0. The third kappa shape index (κ3) is 3.88. The summed E-state index contributed by atoms with van der Waals surface area (Å²) >= 11 is 7.52. The van der Waals surface area contributed by atoms with E-state index < -0.39 is 0 Å². The lowest BCUT2D eigenvalue weighted by atomic mass is 9.98. The summed E-state index contributed by atoms with van der Waals surface area (Å²) in [4.78, 5) is 13.0. The Labute approximate surface area is 123 Å². The highest BCUT2D eigenvalue weighted by Gasteiger charge is 2.33. The van der Waals surface area contributed by atoms with Crippen LogP contribution in [-0.4, -0.2) is 23.7 Å². The molecule has 5 heteroatoms. The number of hydrogen-bond donors (Lipinski definition) is 2. The Morgan fingerprint density at radius 1 is 1.37 bits per heavy atom. The lowest BCUT2D eigenvalue weighted by Crippen LogP contribution is -2.52. The highest BCUT2D eigenvalue weighted by atomic mass is 35.5. The van der Waals surface area contributed by atoms with Gasteiger partial charge in [0.15, 0.2) is 0 Å². The zero-order chi connectivity index (χ0) is 13.7. The van der Waals surface area contributed by atoms with E-state index in [0.717, 1.165) is 30.6 Å². The van der Waals surface area contributed by atoms with Gasteiger partial charge in [-0.1, -0.05) is 36.6 Å². The molecule has 3 N–H and O–H groups in total. The van der Waals surface area contributed by atoms with Crippen molar-refractivity contribution in [1.82, 2.24) is 5.32 Å². The lowest BCUT2D eigenvalue weighted by Gasteiger charge is -2.28. The van der Waals surface area contributed by atoms with Gasteiger partial charge in [-0.25, -0.2) is 0 Å². The first-order valence-corrected chi connectivity index (χ1v) is 7.90. The third-order valence-electron chi connectivity index (χ3n) is 3.55. The largest absolute Gasteiger partial charge is 0.349 e. The van der Waals surface area contributed by atoms with Gasteiger partial charge >= 0.3 is 0 Å². The van der Waals surface area contributed by atoms with Crippen molar-refractivity contribution in [1.29, 1.82) is 0 Å². The first kappa shape index (κ1) is 14.7. The molecule has 0 aromatic heterocycles. The van der Waals surface area contributed by atoms with E-state index in [1.54, 1.807) is 0 Å². The molecule has 1 fully saturated rings. The van der Waals surface area contributed by atoms with E-state index in [0.29, 0.717) is 17.3 Å². The number of thioether (sulfide) groups is 1. The van der Waals surface area contributed by atoms with Crippen LogP contribution in [0.3, 0.4) is 0 Å². The summed E-state index contributed by atoms with van der Waals surface area (Å²) in [6, 6.07) is 7.56. The number of benzene rings is 1. The van der Waals surface area contributed by atoms with E-state index in [1.807, 2.05) is 24.3 Å². The Morgan fingerprint density at radius 3 is 2.68 bits per heavy atom. The van der Waals surface area contributed by atoms with Gasteiger partial charge < -0.3 is 11.1 Å². The number of nitrogens with one attached hydrogen (secondary N) is 1. The highest BCUT2D eigenvalue weighted by Crippen LogP contribution is 2.30. The van der Waals surface area contributed by atoms with Gasteiger partial charge in [-0.15, -0.1) is 11.8 Å². The van der Waals surface area contributed by atoms with Crippen molar-refractivity contribution in [2.24, 2.45) is 5.73 Å². The van der Waals surface area contributed by atoms with E-state index in [2.05, 4.69) is 5.32 Å². The highest BCUT2D eigenvalue weighted by molar-refractivity contribution is 8.00. The second-order valence-corrected chi connectivity index (χ2v) is 6.38. The van der Waals surface area contributed by atoms with Crippen LogP contribution in [0.5, 0.6) is 0 Å². The van der Waals surface area contributed by atoms with Crippen molar-refractivity contribution < 1.29 is 4.79 Å². The second-order valence-electron chi connectivity index (χ2n) is 4.96. The van der Waals surface area contributed by atoms with Crippen LogP contribution in [0.15, 0.2) is 29.2 Å². The number of nitrogens with two attached hydrogens (primary N) is 1. The third-order valence-corrected chi connectivity index (χ3v) is 5.07. The molecule has 0 spiro atoms. The molecule has 1 saturated carbocycles. The average molecular weight is 299 g/mol. The van der Waals surface area contributed by atoms with Gasteiger partial charge in [0.2, 0.25) is 5.91 Å². The fourth-order valence-corrected chi connectivity index (χ4v) is 3.51. The molecule has 3 nitrogen and oxygen atoms in total. The quantitative estimate of drug-likeness (QED) is 0.822. The minimum absolute atomic E-state index is 0.0391. The molecule has 1 amide bonds. The molecule has 0 radical (unpaired) electrons. The fraction of sp³-hybridized carbons (Fsp3) is 0.500. The Balaban J connectivity index is 1.86. The number of amides is 1. The minimum Gasteiger partial charge on any atom is -0.349 e. The van der Waals surface area contributed by atoms with E-state index in [9.17, 15) is 4.79 Å². The van der Waals surface area contributed by atoms with E-state index in [-0.39, 0.29) is 11.4 Å². The van der Waals surface area contributed by atoms with Gasteiger partial charge in [0, 0.05) is 11.4 Å². The summed E-state index contributed by atoms with van der Waals surface area (Å²) in [6.07, 6.45) is 4.28. The van der Waals surface area contributed by atoms with Crippen LogP contribution in [0.2, 0.25) is 5.02 Å². The van der Waals surface area contributed by atoms with Crippen molar-refractivity contribution in [2.75, 3.05) is 12.3 Å². The molecule has 0 saturated heterocycles. The van der Waals surface area contributed by atoms with E-state index in [4.69, 9.17) is 17.3 Å². The van der Waals surface area contributed by atoms with Gasteiger partial charge in [-0.2, -0.15) is 0 Å². The monoisotopic (exact) mass is 298 g/mol. The van der Waals surface area contributed by atoms with Crippen LogP contribution >= 0.6 is 23.4 Å². The molecule has 19 heavy (non-hydrogen) atoms. The molecule has 1 aromatic carbocycles. The Morgan fingerprint density at radius 2 is 2.05 bits per heavy atom. The van der Waals surface area contributed by atoms with Crippen molar-refractivity contribution in [3.8, 4) is 0 Å². The summed E-state index contributed by atoms with van der Waals surface area (Å²) in [5, 5.41) is 3.79. The van der Waals surface area contributed by atoms with Crippen LogP contribution < -0.4 is 11.1 Å². The molecule has 104 valence electrons. The standard InChI is InChI=1S/C14H19ClN2OS/c15-11-5-1-2-6-12(11)19-9-13(18)17-14(10-16)7-3-4-8-14/h1-2,5-6H,3-4,7-10,16H2,(H,17,18). The predicted molar refractivity (Wildman–Crippen MR) is 80.6 cm³/mol. The van der Waals surface area contributed by atoms with Gasteiger partial charge in [0.05, 0.1) is 16.3 Å². The van der Waals surface area contributed by atoms with Crippen LogP contribution in [0.25, 0.3) is 0 Å². The Kier molecular flexibility index (Phi) is 5.13. The van der Waals surface area contributed by atoms with Gasteiger partial charge in [0.1, 0.15) is 0 Å². The topological polar surface area (TPSA) is 55.1 Å². The molecule has 0 unspecified atom stereocenters. The average Bonchev–Trinajstić information content (AvgIpc) is 2.87. The SMILES string of the molecule is NCC1(NC(=O)CSc2ccccc2Cl)CCCC1. The van der Waals surface area contributed by atoms with Crippen LogP contribution in [0.4, 0.5) is 0 Å². The number of hydrogen-bond acceptors (Lipinski definition) is 3. The smallest absolute Gasteiger partial charge is 0.230 e. The summed E-state index contributed by atoms with van der Waals surface area (Å²) in [7, 11) is 0. The Hall–Kier alpha value is -0.710. The van der Waals surface area contributed by atoms with E-state index >= 15 is 0 Å². The maximum atomic E-state index is 12.0. The molecule has 0 bridgehead atoms. The number of carbonyl (C=O) groups is 1. The number of rotatable bonds is 5. The molecule has 1 aliphatic rings. The van der Waals surface area contributed by atoms with Crippen LogP contribution in [0.1, 0.15) is 25.7 Å². The zero-order valence-corrected chi connectivity index (χ0v) is 12.4. The van der Waals surface area contributed by atoms with Crippen molar-refractivity contribution in [3.05, 3.63) is 29.3 Å². The number of carbonyl (C=O) groups excluding carboxylic acids is 1. The summed E-state index contributed by atoms with van der Waals surface area (Å²) in [6.45, 7) is 0.523. The molecule has 1 aromatic rings. The van der Waals surface area contributed by atoms with Gasteiger partial charge in [-0.3, -0.25) is 4.79 Å². The normalized spacial score (nSPS) is 17.4. The second kappa shape index (κ2) is 6.64. The van der Waals surface area contributed by atoms with Crippen molar-refractivity contribution >= 4 is 29.3 Å². The molecule has 2 rings (SSSR count). The zero-order valence-electron chi connectivity index (χ0n) is 10.8. The van der Waals surface area contributed by atoms with Crippen LogP contribution in [0, 0.1) is 0 Å². The predicted octanol–water partition coefficient (Wildman–Crippen LogP) is 2.82. The fourth-order valence-electron chi connectivity index (χ4n) is 2.47. The summed E-state index contributed by atoms with van der Waals surface area (Å²) in [5.41, 5.74) is 5.64. The van der Waals surface area contributed by atoms with Crippen molar-refractivity contribution in [2.45, 2.75) is 36.1 Å². The maximum Gasteiger partial charge on any atom is 0.230 e. The minimum atomic E-state index is -0.169. The van der Waals surface area contributed by atoms with Gasteiger partial charge in [-0.05, 0) is 25.0 Å². The molecular weight excluding hydrogens is 280 g/mol.